The van der Waals surface area contributed by atoms with Crippen LogP contribution in [0.25, 0.3) is 22.2 Å². The molecule has 0 unspecified atom stereocenters. The lowest BCUT2D eigenvalue weighted by atomic mass is 10.1. The fourth-order valence-electron chi connectivity index (χ4n) is 3.00. The van der Waals surface area contributed by atoms with Gasteiger partial charge in [0.25, 0.3) is 0 Å². The van der Waals surface area contributed by atoms with Crippen LogP contribution in [0.3, 0.4) is 0 Å². The maximum Gasteiger partial charge on any atom is 0.340 e. The van der Waals surface area contributed by atoms with Gasteiger partial charge in [-0.25, -0.2) is 9.78 Å². The molecule has 4 aromatic rings. The quantitative estimate of drug-likeness (QED) is 0.466. The van der Waals surface area contributed by atoms with Gasteiger partial charge in [-0.3, -0.25) is 14.6 Å². The van der Waals surface area contributed by atoms with Crippen LogP contribution in [0, 0.1) is 0 Å². The molecule has 9 heteroatoms. The number of rotatable bonds is 5. The Morgan fingerprint density at radius 2 is 1.97 bits per heavy atom. The molecule has 0 radical (unpaired) electrons. The minimum atomic E-state index is -0.479. The summed E-state index contributed by atoms with van der Waals surface area (Å²) < 4.78 is 11.7. The predicted octanol–water partition coefficient (Wildman–Crippen LogP) is 3.39. The van der Waals surface area contributed by atoms with Crippen molar-refractivity contribution in [2.24, 2.45) is 0 Å². The summed E-state index contributed by atoms with van der Waals surface area (Å²) in [5.41, 5.74) is 3.21. The van der Waals surface area contributed by atoms with Crippen molar-refractivity contribution in [2.45, 2.75) is 6.54 Å². The Morgan fingerprint density at radius 3 is 2.69 bits per heavy atom. The van der Waals surface area contributed by atoms with Crippen LogP contribution in [0.1, 0.15) is 16.1 Å². The zero-order valence-corrected chi connectivity index (χ0v) is 16.4. The zero-order chi connectivity index (χ0) is 20.4. The maximum atomic E-state index is 12.2. The Bertz CT molecular complexity index is 1190. The predicted molar refractivity (Wildman–Crippen MR) is 107 cm³/mol. The molecule has 8 nitrogen and oxygen atoms in total. The van der Waals surface area contributed by atoms with Crippen molar-refractivity contribution in [3.63, 3.8) is 0 Å². The number of nitrogens with zero attached hydrogens (tertiary/aromatic N) is 5. The molecule has 4 rings (SSSR count). The van der Waals surface area contributed by atoms with E-state index in [-0.39, 0.29) is 0 Å². The van der Waals surface area contributed by atoms with Gasteiger partial charge < -0.3 is 9.47 Å². The average molecular weight is 410 g/mol. The third-order valence-corrected chi connectivity index (χ3v) is 4.58. The molecule has 0 saturated heterocycles. The molecule has 0 bridgehead atoms. The normalized spacial score (nSPS) is 10.9. The molecular weight excluding hydrogens is 394 g/mol. The Kier molecular flexibility index (Phi) is 5.09. The summed E-state index contributed by atoms with van der Waals surface area (Å²) >= 11 is 6.11. The molecule has 0 amide bonds. The number of hydrogen-bond donors (Lipinski definition) is 0. The van der Waals surface area contributed by atoms with E-state index in [0.717, 1.165) is 10.9 Å². The highest BCUT2D eigenvalue weighted by molar-refractivity contribution is 6.32. The van der Waals surface area contributed by atoms with Gasteiger partial charge in [0.1, 0.15) is 0 Å². The van der Waals surface area contributed by atoms with E-state index in [9.17, 15) is 4.79 Å². The van der Waals surface area contributed by atoms with Gasteiger partial charge in [0.2, 0.25) is 5.88 Å². The maximum absolute atomic E-state index is 12.2. The molecule has 29 heavy (non-hydrogen) atoms. The first kappa shape index (κ1) is 18.8. The number of pyridine rings is 1. The fourth-order valence-corrected chi connectivity index (χ4v) is 3.23. The molecule has 0 aliphatic carbocycles. The van der Waals surface area contributed by atoms with Crippen LogP contribution in [-0.2, 0) is 11.3 Å². The standard InChI is InChI=1S/C20H16ClN5O3/c1-28-18-6-12(3-4-22-18)17-10-23-15(9-24-17)11-26-19-13(8-25-26)5-14(21)7-16(19)20(27)29-2/h3-10H,11H2,1-2H3. The summed E-state index contributed by atoms with van der Waals surface area (Å²) in [6, 6.07) is 6.94. The van der Waals surface area contributed by atoms with E-state index in [0.29, 0.717) is 39.9 Å². The molecule has 0 spiro atoms. The van der Waals surface area contributed by atoms with Crippen LogP contribution in [0.15, 0.2) is 49.1 Å². The highest BCUT2D eigenvalue weighted by Gasteiger charge is 2.17. The summed E-state index contributed by atoms with van der Waals surface area (Å²) in [7, 11) is 2.89. The number of ether oxygens (including phenoxy) is 2. The second kappa shape index (κ2) is 7.84. The van der Waals surface area contributed by atoms with Crippen LogP contribution >= 0.6 is 11.6 Å². The molecule has 3 aromatic heterocycles. The van der Waals surface area contributed by atoms with E-state index in [1.54, 1.807) is 54.8 Å². The van der Waals surface area contributed by atoms with Crippen molar-refractivity contribution in [3.8, 4) is 17.1 Å². The number of aromatic nitrogens is 5. The molecule has 1 aromatic carbocycles. The van der Waals surface area contributed by atoms with Gasteiger partial charge in [-0.15, -0.1) is 0 Å². The Balaban J connectivity index is 1.66. The van der Waals surface area contributed by atoms with Crippen LogP contribution in [0.5, 0.6) is 5.88 Å². The van der Waals surface area contributed by atoms with Gasteiger partial charge in [-0.05, 0) is 18.2 Å². The number of halogens is 1. The number of fused-ring (bicyclic) bond motifs is 1. The van der Waals surface area contributed by atoms with Gasteiger partial charge in [0.05, 0.1) is 61.8 Å². The van der Waals surface area contributed by atoms with Gasteiger partial charge in [-0.2, -0.15) is 5.10 Å². The van der Waals surface area contributed by atoms with Crippen molar-refractivity contribution >= 4 is 28.5 Å². The molecule has 3 heterocycles. The number of esters is 1. The summed E-state index contributed by atoms with van der Waals surface area (Å²) in [4.78, 5) is 25.2. The molecule has 0 aliphatic heterocycles. The minimum Gasteiger partial charge on any atom is -0.481 e. The van der Waals surface area contributed by atoms with E-state index in [4.69, 9.17) is 21.1 Å². The number of methoxy groups -OCH3 is 2. The lowest BCUT2D eigenvalue weighted by Crippen LogP contribution is -2.09. The largest absolute Gasteiger partial charge is 0.481 e. The SMILES string of the molecule is COC(=O)c1cc(Cl)cc2cnn(Cc3cnc(-c4ccnc(OC)c4)cn3)c12. The minimum absolute atomic E-state index is 0.335. The van der Waals surface area contributed by atoms with E-state index < -0.39 is 5.97 Å². The highest BCUT2D eigenvalue weighted by atomic mass is 35.5. The highest BCUT2D eigenvalue weighted by Crippen LogP contribution is 2.25. The third-order valence-electron chi connectivity index (χ3n) is 4.36. The second-order valence-electron chi connectivity index (χ2n) is 6.16. The first-order valence-electron chi connectivity index (χ1n) is 8.63. The topological polar surface area (TPSA) is 92.0 Å². The van der Waals surface area contributed by atoms with Crippen molar-refractivity contribution < 1.29 is 14.3 Å². The first-order chi connectivity index (χ1) is 14.1. The monoisotopic (exact) mass is 409 g/mol. The number of benzene rings is 1. The molecule has 146 valence electrons. The van der Waals surface area contributed by atoms with Crippen LogP contribution in [0.4, 0.5) is 0 Å². The first-order valence-corrected chi connectivity index (χ1v) is 9.01. The van der Waals surface area contributed by atoms with Crippen molar-refractivity contribution in [1.82, 2.24) is 24.7 Å². The molecule has 0 atom stereocenters. The van der Waals surface area contributed by atoms with Crippen molar-refractivity contribution in [3.05, 3.63) is 65.3 Å². The van der Waals surface area contributed by atoms with Crippen LogP contribution in [0.2, 0.25) is 5.02 Å². The summed E-state index contributed by atoms with van der Waals surface area (Å²) in [5, 5.41) is 5.55. The van der Waals surface area contributed by atoms with Gasteiger partial charge in [0, 0.05) is 28.2 Å². The van der Waals surface area contributed by atoms with E-state index >= 15 is 0 Å². The Labute approximate surface area is 171 Å². The zero-order valence-electron chi connectivity index (χ0n) is 15.7. The molecule has 0 saturated carbocycles. The van der Waals surface area contributed by atoms with E-state index in [2.05, 4.69) is 20.1 Å². The number of hydrogen-bond acceptors (Lipinski definition) is 7. The van der Waals surface area contributed by atoms with Crippen molar-refractivity contribution in [1.29, 1.82) is 0 Å². The number of carbonyl (C=O) groups excluding carboxylic acids is 1. The average Bonchev–Trinajstić information content (AvgIpc) is 3.15. The van der Waals surface area contributed by atoms with Gasteiger partial charge in [-0.1, -0.05) is 11.6 Å². The summed E-state index contributed by atoms with van der Waals surface area (Å²) in [6.07, 6.45) is 6.65. The lowest BCUT2D eigenvalue weighted by molar-refractivity contribution is 0.0602. The van der Waals surface area contributed by atoms with Gasteiger partial charge >= 0.3 is 5.97 Å². The Morgan fingerprint density at radius 1 is 1.10 bits per heavy atom. The van der Waals surface area contributed by atoms with Crippen molar-refractivity contribution in [2.75, 3.05) is 14.2 Å². The smallest absolute Gasteiger partial charge is 0.340 e. The number of carbonyl (C=O) groups is 1. The molecule has 0 fully saturated rings. The summed E-state index contributed by atoms with van der Waals surface area (Å²) in [6.45, 7) is 0.335. The van der Waals surface area contributed by atoms with Crippen LogP contribution in [-0.4, -0.2) is 44.9 Å². The Hall–Kier alpha value is -3.52. The van der Waals surface area contributed by atoms with E-state index in [1.807, 2.05) is 6.07 Å². The fraction of sp³-hybridized carbons (Fsp3) is 0.150. The second-order valence-corrected chi connectivity index (χ2v) is 6.60. The third kappa shape index (κ3) is 3.74. The molecule has 0 aliphatic rings. The van der Waals surface area contributed by atoms with E-state index in [1.165, 1.54) is 7.11 Å². The van der Waals surface area contributed by atoms with Crippen LogP contribution < -0.4 is 4.74 Å². The van der Waals surface area contributed by atoms with Gasteiger partial charge in [0.15, 0.2) is 0 Å². The summed E-state index contributed by atoms with van der Waals surface area (Å²) in [5.74, 6) is 0.0257. The lowest BCUT2D eigenvalue weighted by Gasteiger charge is -2.08. The molecular formula is C20H16ClN5O3. The molecule has 0 N–H and O–H groups in total.